The summed E-state index contributed by atoms with van der Waals surface area (Å²) in [4.78, 5) is 11.8. The number of rotatable bonds is 5. The van der Waals surface area contributed by atoms with E-state index in [0.717, 1.165) is 24.3 Å². The number of carbonyl (C=O) groups is 1. The molecule has 1 amide bonds. The quantitative estimate of drug-likeness (QED) is 0.846. The van der Waals surface area contributed by atoms with Crippen LogP contribution in [0.15, 0.2) is 18.2 Å². The Kier molecular flexibility index (Phi) is 4.43. The summed E-state index contributed by atoms with van der Waals surface area (Å²) in [6.07, 6.45) is 1.38. The summed E-state index contributed by atoms with van der Waals surface area (Å²) in [6, 6.07) is 6.30. The summed E-state index contributed by atoms with van der Waals surface area (Å²) in [6.45, 7) is 5.15. The molecule has 0 radical (unpaired) electrons. The van der Waals surface area contributed by atoms with Crippen LogP contribution in [0.25, 0.3) is 0 Å². The monoisotopic (exact) mass is 262 g/mol. The Morgan fingerprint density at radius 3 is 2.95 bits per heavy atom. The summed E-state index contributed by atoms with van der Waals surface area (Å²) in [5, 5.41) is 2.91. The first-order chi connectivity index (χ1) is 9.10. The van der Waals surface area contributed by atoms with Gasteiger partial charge in [-0.3, -0.25) is 4.79 Å². The van der Waals surface area contributed by atoms with Gasteiger partial charge in [-0.1, -0.05) is 12.1 Å². The van der Waals surface area contributed by atoms with Crippen molar-refractivity contribution < 1.29 is 9.53 Å². The molecule has 0 spiro atoms. The lowest BCUT2D eigenvalue weighted by atomic mass is 9.93. The van der Waals surface area contributed by atoms with Gasteiger partial charge in [0.2, 0.25) is 5.91 Å². The van der Waals surface area contributed by atoms with Crippen molar-refractivity contribution in [3.63, 3.8) is 0 Å². The van der Waals surface area contributed by atoms with Crippen molar-refractivity contribution in [2.24, 2.45) is 5.73 Å². The van der Waals surface area contributed by atoms with Gasteiger partial charge in [-0.05, 0) is 37.6 Å². The number of hydrogen-bond donors (Lipinski definition) is 2. The fraction of sp³-hybridized carbons (Fsp3) is 0.533. The normalized spacial score (nSPS) is 14.9. The number of ether oxygens (including phenoxy) is 1. The molecule has 1 aliphatic heterocycles. The first-order valence-corrected chi connectivity index (χ1v) is 6.85. The number of amides is 1. The Balaban J connectivity index is 2.07. The SMILES string of the molecule is CC(C)NC(=O)CC(CN)c1ccc2c(c1)CCO2. The van der Waals surface area contributed by atoms with Crippen LogP contribution in [-0.2, 0) is 11.2 Å². The van der Waals surface area contributed by atoms with Crippen LogP contribution in [0.2, 0.25) is 0 Å². The van der Waals surface area contributed by atoms with Crippen molar-refractivity contribution in [3.8, 4) is 5.75 Å². The molecule has 104 valence electrons. The molecule has 4 heteroatoms. The lowest BCUT2D eigenvalue weighted by Gasteiger charge is -2.17. The van der Waals surface area contributed by atoms with E-state index in [4.69, 9.17) is 10.5 Å². The third-order valence-corrected chi connectivity index (χ3v) is 3.35. The number of nitrogens with two attached hydrogens (primary N) is 1. The maximum absolute atomic E-state index is 11.8. The van der Waals surface area contributed by atoms with Gasteiger partial charge >= 0.3 is 0 Å². The average Bonchev–Trinajstić information content (AvgIpc) is 2.82. The smallest absolute Gasteiger partial charge is 0.220 e. The van der Waals surface area contributed by atoms with E-state index >= 15 is 0 Å². The van der Waals surface area contributed by atoms with Crippen LogP contribution in [0.5, 0.6) is 5.75 Å². The van der Waals surface area contributed by atoms with Crippen molar-refractivity contribution in [1.29, 1.82) is 0 Å². The molecular weight excluding hydrogens is 240 g/mol. The van der Waals surface area contributed by atoms with E-state index in [2.05, 4.69) is 11.4 Å². The molecule has 0 saturated carbocycles. The molecule has 0 fully saturated rings. The summed E-state index contributed by atoms with van der Waals surface area (Å²) >= 11 is 0. The van der Waals surface area contributed by atoms with Crippen LogP contribution in [0.4, 0.5) is 0 Å². The van der Waals surface area contributed by atoms with Crippen LogP contribution in [0.1, 0.15) is 37.3 Å². The molecular formula is C15H22N2O2. The zero-order valence-electron chi connectivity index (χ0n) is 11.6. The van der Waals surface area contributed by atoms with E-state index < -0.39 is 0 Å². The van der Waals surface area contributed by atoms with Crippen LogP contribution in [0, 0.1) is 0 Å². The van der Waals surface area contributed by atoms with Crippen molar-refractivity contribution in [1.82, 2.24) is 5.32 Å². The Morgan fingerprint density at radius 1 is 1.47 bits per heavy atom. The van der Waals surface area contributed by atoms with Gasteiger partial charge in [0.05, 0.1) is 6.61 Å². The molecule has 4 nitrogen and oxygen atoms in total. The molecule has 19 heavy (non-hydrogen) atoms. The van der Waals surface area contributed by atoms with E-state index in [-0.39, 0.29) is 17.9 Å². The minimum atomic E-state index is 0.0576. The highest BCUT2D eigenvalue weighted by molar-refractivity contribution is 5.77. The molecule has 1 unspecified atom stereocenters. The minimum absolute atomic E-state index is 0.0576. The summed E-state index contributed by atoms with van der Waals surface area (Å²) in [5.74, 6) is 1.10. The van der Waals surface area contributed by atoms with Gasteiger partial charge in [-0.25, -0.2) is 0 Å². The van der Waals surface area contributed by atoms with Gasteiger partial charge in [0.15, 0.2) is 0 Å². The fourth-order valence-electron chi connectivity index (χ4n) is 2.40. The highest BCUT2D eigenvalue weighted by Gasteiger charge is 2.18. The highest BCUT2D eigenvalue weighted by Crippen LogP contribution is 2.29. The summed E-state index contributed by atoms with van der Waals surface area (Å²) in [7, 11) is 0. The third-order valence-electron chi connectivity index (χ3n) is 3.35. The van der Waals surface area contributed by atoms with Gasteiger partial charge < -0.3 is 15.8 Å². The number of carbonyl (C=O) groups excluding carboxylic acids is 1. The molecule has 1 aromatic carbocycles. The maximum Gasteiger partial charge on any atom is 0.220 e. The summed E-state index contributed by atoms with van der Waals surface area (Å²) in [5.41, 5.74) is 8.17. The van der Waals surface area contributed by atoms with Gasteiger partial charge in [0.1, 0.15) is 5.75 Å². The van der Waals surface area contributed by atoms with Gasteiger partial charge in [0.25, 0.3) is 0 Å². The number of nitrogens with one attached hydrogen (secondary N) is 1. The van der Waals surface area contributed by atoms with Gasteiger partial charge in [0, 0.05) is 24.8 Å². The molecule has 0 aromatic heterocycles. The zero-order valence-corrected chi connectivity index (χ0v) is 11.6. The second-order valence-electron chi connectivity index (χ2n) is 5.32. The Hall–Kier alpha value is -1.55. The first-order valence-electron chi connectivity index (χ1n) is 6.85. The van der Waals surface area contributed by atoms with E-state index in [1.165, 1.54) is 5.56 Å². The molecule has 0 aliphatic carbocycles. The summed E-state index contributed by atoms with van der Waals surface area (Å²) < 4.78 is 5.49. The van der Waals surface area contributed by atoms with Crippen LogP contribution in [0.3, 0.4) is 0 Å². The molecule has 1 aromatic rings. The third kappa shape index (κ3) is 3.47. The molecule has 0 bridgehead atoms. The van der Waals surface area contributed by atoms with Crippen LogP contribution >= 0.6 is 0 Å². The van der Waals surface area contributed by atoms with Gasteiger partial charge in [-0.2, -0.15) is 0 Å². The predicted molar refractivity (Wildman–Crippen MR) is 75.3 cm³/mol. The topological polar surface area (TPSA) is 64.4 Å². The highest BCUT2D eigenvalue weighted by atomic mass is 16.5. The predicted octanol–water partition coefficient (Wildman–Crippen LogP) is 1.58. The van der Waals surface area contributed by atoms with Crippen molar-refractivity contribution >= 4 is 5.91 Å². The molecule has 1 atom stereocenters. The van der Waals surface area contributed by atoms with E-state index in [1.54, 1.807) is 0 Å². The number of fused-ring (bicyclic) bond motifs is 1. The molecule has 3 N–H and O–H groups in total. The van der Waals surface area contributed by atoms with Crippen LogP contribution in [-0.4, -0.2) is 25.1 Å². The molecule has 2 rings (SSSR count). The standard InChI is InChI=1S/C15H22N2O2/c1-10(2)17-15(18)8-13(9-16)11-3-4-14-12(7-11)5-6-19-14/h3-4,7,10,13H,5-6,8-9,16H2,1-2H3,(H,17,18). The Morgan fingerprint density at radius 2 is 2.26 bits per heavy atom. The lowest BCUT2D eigenvalue weighted by Crippen LogP contribution is -2.32. The van der Waals surface area contributed by atoms with Crippen molar-refractivity contribution in [3.05, 3.63) is 29.3 Å². The van der Waals surface area contributed by atoms with Crippen molar-refractivity contribution in [2.75, 3.05) is 13.2 Å². The largest absolute Gasteiger partial charge is 0.493 e. The Bertz CT molecular complexity index is 457. The minimum Gasteiger partial charge on any atom is -0.493 e. The average molecular weight is 262 g/mol. The zero-order chi connectivity index (χ0) is 13.8. The number of benzene rings is 1. The van der Waals surface area contributed by atoms with E-state index in [0.29, 0.717) is 13.0 Å². The Labute approximate surface area is 114 Å². The first kappa shape index (κ1) is 13.9. The van der Waals surface area contributed by atoms with Crippen LogP contribution < -0.4 is 15.8 Å². The lowest BCUT2D eigenvalue weighted by molar-refractivity contribution is -0.121. The van der Waals surface area contributed by atoms with Gasteiger partial charge in [-0.15, -0.1) is 0 Å². The second kappa shape index (κ2) is 6.06. The number of hydrogen-bond acceptors (Lipinski definition) is 3. The molecule has 1 aliphatic rings. The van der Waals surface area contributed by atoms with E-state index in [9.17, 15) is 4.79 Å². The van der Waals surface area contributed by atoms with E-state index in [1.807, 2.05) is 26.0 Å². The molecule has 0 saturated heterocycles. The second-order valence-corrected chi connectivity index (χ2v) is 5.32. The molecule has 1 heterocycles. The maximum atomic E-state index is 11.8. The van der Waals surface area contributed by atoms with Crippen molar-refractivity contribution in [2.45, 2.75) is 38.6 Å². The fourth-order valence-corrected chi connectivity index (χ4v) is 2.40.